The van der Waals surface area contributed by atoms with E-state index in [0.717, 1.165) is 50.5 Å². The third-order valence-electron chi connectivity index (χ3n) is 3.49. The molecule has 1 rings (SSSR count). The molecule has 0 atom stereocenters. The van der Waals surface area contributed by atoms with Crippen LogP contribution < -0.4 is 10.6 Å². The summed E-state index contributed by atoms with van der Waals surface area (Å²) in [6.07, 6.45) is 3.20. The van der Waals surface area contributed by atoms with E-state index in [1.54, 1.807) is 26.3 Å². The molecule has 1 aromatic carbocycles. The molecule has 0 unspecified atom stereocenters. The first-order chi connectivity index (χ1) is 11.7. The molecule has 0 radical (unpaired) electrons. The third kappa shape index (κ3) is 10.6. The highest BCUT2D eigenvalue weighted by atomic mass is 127. The van der Waals surface area contributed by atoms with Gasteiger partial charge in [0.15, 0.2) is 5.96 Å². The maximum Gasteiger partial charge on any atom is 0.191 e. The molecule has 5 nitrogen and oxygen atoms in total. The number of hydrogen-bond donors (Lipinski definition) is 2. The van der Waals surface area contributed by atoms with Crippen LogP contribution in [0.25, 0.3) is 0 Å². The third-order valence-corrected chi connectivity index (χ3v) is 3.49. The van der Waals surface area contributed by atoms with Crippen LogP contribution in [0.5, 0.6) is 0 Å². The number of aliphatic imine (C=N–C) groups is 1. The summed E-state index contributed by atoms with van der Waals surface area (Å²) in [6, 6.07) is 5.03. The number of nitrogens with zero attached hydrogens (tertiary/aromatic N) is 1. The van der Waals surface area contributed by atoms with E-state index in [2.05, 4.69) is 22.5 Å². The van der Waals surface area contributed by atoms with Gasteiger partial charge in [0.2, 0.25) is 0 Å². The van der Waals surface area contributed by atoms with Crippen molar-refractivity contribution in [2.75, 3.05) is 33.9 Å². The number of benzene rings is 1. The molecule has 0 fully saturated rings. The van der Waals surface area contributed by atoms with Gasteiger partial charge in [-0.05, 0) is 30.5 Å². The van der Waals surface area contributed by atoms with Crippen molar-refractivity contribution < 1.29 is 13.9 Å². The Morgan fingerprint density at radius 2 is 1.96 bits per heavy atom. The van der Waals surface area contributed by atoms with Gasteiger partial charge in [0.25, 0.3) is 0 Å². The fraction of sp³-hybridized carbons (Fsp3) is 0.611. The first-order valence-corrected chi connectivity index (χ1v) is 8.49. The molecule has 0 aromatic heterocycles. The van der Waals surface area contributed by atoms with Gasteiger partial charge in [0, 0.05) is 46.0 Å². The molecule has 0 aliphatic heterocycles. The van der Waals surface area contributed by atoms with Gasteiger partial charge in [-0.1, -0.05) is 19.4 Å². The smallest absolute Gasteiger partial charge is 0.191 e. The number of unbranched alkanes of at least 4 members (excludes halogenated alkanes) is 1. The van der Waals surface area contributed by atoms with Crippen molar-refractivity contribution in [1.29, 1.82) is 0 Å². The summed E-state index contributed by atoms with van der Waals surface area (Å²) in [5, 5.41) is 6.46. The van der Waals surface area contributed by atoms with Crippen molar-refractivity contribution in [3.8, 4) is 0 Å². The fourth-order valence-electron chi connectivity index (χ4n) is 2.14. The van der Waals surface area contributed by atoms with Crippen LogP contribution in [-0.4, -0.2) is 39.9 Å². The highest BCUT2D eigenvalue weighted by Gasteiger charge is 2.04. The number of hydrogen-bond acceptors (Lipinski definition) is 3. The van der Waals surface area contributed by atoms with Crippen molar-refractivity contribution >= 4 is 29.9 Å². The van der Waals surface area contributed by atoms with E-state index in [0.29, 0.717) is 12.1 Å². The van der Waals surface area contributed by atoms with Crippen LogP contribution >= 0.6 is 24.0 Å². The Morgan fingerprint density at radius 3 is 2.64 bits per heavy atom. The van der Waals surface area contributed by atoms with Crippen molar-refractivity contribution in [2.45, 2.75) is 39.3 Å². The Hall–Kier alpha value is -0.930. The van der Waals surface area contributed by atoms with Gasteiger partial charge >= 0.3 is 0 Å². The molecule has 0 aliphatic rings. The lowest BCUT2D eigenvalue weighted by Crippen LogP contribution is -2.37. The SMILES string of the molecule is CCCCOCCCNC(=NC)NCc1ccc(F)c(COC)c1.I. The van der Waals surface area contributed by atoms with Crippen LogP contribution in [-0.2, 0) is 22.6 Å². The Bertz CT molecular complexity index is 501. The maximum absolute atomic E-state index is 13.6. The first kappa shape index (κ1) is 24.1. The lowest BCUT2D eigenvalue weighted by Gasteiger charge is -2.13. The average molecular weight is 467 g/mol. The van der Waals surface area contributed by atoms with Crippen LogP contribution in [0.2, 0.25) is 0 Å². The molecule has 0 heterocycles. The number of nitrogens with one attached hydrogen (secondary N) is 2. The van der Waals surface area contributed by atoms with Gasteiger partial charge in [-0.15, -0.1) is 24.0 Å². The lowest BCUT2D eigenvalue weighted by atomic mass is 10.1. The molecule has 7 heteroatoms. The molecule has 144 valence electrons. The maximum atomic E-state index is 13.6. The highest BCUT2D eigenvalue weighted by Crippen LogP contribution is 2.11. The molecule has 2 N–H and O–H groups in total. The molecule has 0 saturated carbocycles. The zero-order chi connectivity index (χ0) is 17.6. The molecular formula is C18H31FIN3O2. The quantitative estimate of drug-likeness (QED) is 0.227. The topological polar surface area (TPSA) is 54.9 Å². The van der Waals surface area contributed by atoms with E-state index >= 15 is 0 Å². The van der Waals surface area contributed by atoms with Gasteiger partial charge in [0.1, 0.15) is 5.82 Å². The van der Waals surface area contributed by atoms with Crippen LogP contribution in [0.4, 0.5) is 4.39 Å². The number of halogens is 2. The van der Waals surface area contributed by atoms with Gasteiger partial charge in [-0.3, -0.25) is 4.99 Å². The minimum atomic E-state index is -0.244. The Morgan fingerprint density at radius 1 is 1.20 bits per heavy atom. The summed E-state index contributed by atoms with van der Waals surface area (Å²) < 4.78 is 24.1. The Kier molecular flexibility index (Phi) is 14.8. The summed E-state index contributed by atoms with van der Waals surface area (Å²) in [7, 11) is 3.29. The van der Waals surface area contributed by atoms with E-state index in [1.807, 2.05) is 0 Å². The molecular weight excluding hydrogens is 436 g/mol. The van der Waals surface area contributed by atoms with Crippen LogP contribution in [0.15, 0.2) is 23.2 Å². The Labute approximate surface area is 167 Å². The van der Waals surface area contributed by atoms with Crippen molar-refractivity contribution in [3.05, 3.63) is 35.1 Å². The summed E-state index contributed by atoms with van der Waals surface area (Å²) in [5.41, 5.74) is 1.54. The average Bonchev–Trinajstić information content (AvgIpc) is 2.59. The first-order valence-electron chi connectivity index (χ1n) is 8.49. The predicted octanol–water partition coefficient (Wildman–Crippen LogP) is 3.46. The highest BCUT2D eigenvalue weighted by molar-refractivity contribution is 14.0. The zero-order valence-corrected chi connectivity index (χ0v) is 17.8. The van der Waals surface area contributed by atoms with Gasteiger partial charge < -0.3 is 20.1 Å². The standard InChI is InChI=1S/C18H30FN3O2.HI/c1-4-5-10-24-11-6-9-21-18(20-2)22-13-15-7-8-17(19)16(12-15)14-23-3;/h7-8,12H,4-6,9-11,13-14H2,1-3H3,(H2,20,21,22);1H. The van der Waals surface area contributed by atoms with Gasteiger partial charge in [-0.25, -0.2) is 4.39 Å². The lowest BCUT2D eigenvalue weighted by molar-refractivity contribution is 0.129. The van der Waals surface area contributed by atoms with E-state index in [1.165, 1.54) is 6.07 Å². The second-order valence-electron chi connectivity index (χ2n) is 5.53. The number of guanidine groups is 1. The number of ether oxygens (including phenoxy) is 2. The molecule has 0 saturated heterocycles. The van der Waals surface area contributed by atoms with E-state index in [9.17, 15) is 4.39 Å². The fourth-order valence-corrected chi connectivity index (χ4v) is 2.14. The van der Waals surface area contributed by atoms with E-state index in [4.69, 9.17) is 9.47 Å². The van der Waals surface area contributed by atoms with Crippen LogP contribution in [0.1, 0.15) is 37.3 Å². The summed E-state index contributed by atoms with van der Waals surface area (Å²) in [4.78, 5) is 4.18. The van der Waals surface area contributed by atoms with E-state index in [-0.39, 0.29) is 36.4 Å². The molecule has 0 amide bonds. The monoisotopic (exact) mass is 467 g/mol. The van der Waals surface area contributed by atoms with Gasteiger partial charge in [0.05, 0.1) is 6.61 Å². The second kappa shape index (κ2) is 15.3. The molecule has 0 aliphatic carbocycles. The molecule has 0 bridgehead atoms. The minimum absolute atomic E-state index is 0. The molecule has 25 heavy (non-hydrogen) atoms. The van der Waals surface area contributed by atoms with E-state index < -0.39 is 0 Å². The number of methoxy groups -OCH3 is 1. The van der Waals surface area contributed by atoms with Crippen molar-refractivity contribution in [1.82, 2.24) is 10.6 Å². The second-order valence-corrected chi connectivity index (χ2v) is 5.53. The minimum Gasteiger partial charge on any atom is -0.381 e. The molecule has 0 spiro atoms. The van der Waals surface area contributed by atoms with Crippen molar-refractivity contribution in [2.24, 2.45) is 4.99 Å². The largest absolute Gasteiger partial charge is 0.381 e. The normalized spacial score (nSPS) is 11.1. The summed E-state index contributed by atoms with van der Waals surface area (Å²) in [6.45, 7) is 5.37. The number of rotatable bonds is 11. The van der Waals surface area contributed by atoms with Crippen LogP contribution in [0.3, 0.4) is 0 Å². The summed E-state index contributed by atoms with van der Waals surface area (Å²) in [5.74, 6) is 0.479. The molecule has 1 aromatic rings. The van der Waals surface area contributed by atoms with Gasteiger partial charge in [-0.2, -0.15) is 0 Å². The predicted molar refractivity (Wildman–Crippen MR) is 111 cm³/mol. The van der Waals surface area contributed by atoms with Crippen LogP contribution in [0, 0.1) is 5.82 Å². The zero-order valence-electron chi connectivity index (χ0n) is 15.4. The summed E-state index contributed by atoms with van der Waals surface area (Å²) >= 11 is 0. The Balaban J connectivity index is 0.00000576. The van der Waals surface area contributed by atoms with Crippen molar-refractivity contribution in [3.63, 3.8) is 0 Å².